The lowest BCUT2D eigenvalue weighted by atomic mass is 12.0. The van der Waals surface area contributed by atoms with Gasteiger partial charge in [0, 0.05) is 9.93 Å². The lowest BCUT2D eigenvalue weighted by Crippen LogP contribution is -1.60. The molecule has 0 saturated heterocycles. The number of hydrogen-bond acceptors (Lipinski definition) is 7. The molecule has 0 unspecified atom stereocenters. The smallest absolute Gasteiger partial charge is 0 e. The normalized spacial score (nSPS) is 2.89. The Kier molecular flexibility index (Phi) is 194000. The van der Waals surface area contributed by atoms with Crippen LogP contribution in [0.1, 0.15) is 14.9 Å². The van der Waals surface area contributed by atoms with E-state index in [9.17, 15) is 0 Å². The van der Waals surface area contributed by atoms with Crippen LogP contribution in [0.15, 0.2) is 0 Å². The van der Waals surface area contributed by atoms with Crippen molar-refractivity contribution in [2.24, 2.45) is 0 Å². The van der Waals surface area contributed by atoms with Crippen molar-refractivity contribution in [3.05, 3.63) is 14.8 Å². The van der Waals surface area contributed by atoms with Gasteiger partial charge in [0.15, 0.2) is 0 Å². The Morgan fingerprint density at radius 2 is 1.00 bits per heavy atom. The van der Waals surface area contributed by atoms with Crippen molar-refractivity contribution in [1.29, 1.82) is 5.59 Å². The molecule has 7 nitrogen and oxygen atoms in total. The minimum absolute atomic E-state index is 0. The fourth-order valence-corrected chi connectivity index (χ4v) is 0. The molecule has 0 amide bonds. The zero-order chi connectivity index (χ0) is 6.71. The first-order valence-corrected chi connectivity index (χ1v) is 0.736. The molecule has 0 atom stereocenters. The highest BCUT2D eigenvalue weighted by molar-refractivity contribution is 4.07. The number of nitroso groups, excluding NO2 is 1. The highest BCUT2D eigenvalue weighted by Gasteiger charge is 1.27. The molecule has 7 heteroatoms. The molecule has 0 fully saturated rings. The van der Waals surface area contributed by atoms with E-state index in [1.165, 1.54) is 0 Å². The first-order chi connectivity index (χ1) is 3.41. The van der Waals surface area contributed by atoms with Gasteiger partial charge in [-0.05, 0) is 0 Å². The van der Waals surface area contributed by atoms with Gasteiger partial charge in [0.25, 0.3) is 0 Å². The summed E-state index contributed by atoms with van der Waals surface area (Å²) in [4.78, 5) is 21.5. The van der Waals surface area contributed by atoms with E-state index < -0.39 is 0 Å². The van der Waals surface area contributed by atoms with E-state index in [1.807, 2.05) is 0 Å². The Balaban J connectivity index is -0.00000000825. The van der Waals surface area contributed by atoms with Gasteiger partial charge >= 0.3 is 0 Å². The summed E-state index contributed by atoms with van der Waals surface area (Å²) < 4.78 is 0. The van der Waals surface area contributed by atoms with Crippen LogP contribution >= 0.6 is 0 Å². The van der Waals surface area contributed by atoms with Crippen LogP contribution < -0.4 is 0 Å². The largest absolute Gasteiger partial charge is 0.221 e. The summed E-state index contributed by atoms with van der Waals surface area (Å²) >= 11 is 0. The summed E-state index contributed by atoms with van der Waals surface area (Å²) in [6, 6.07) is 0. The van der Waals surface area contributed by atoms with Crippen molar-refractivity contribution < 1.29 is 15.6 Å². The Morgan fingerprint density at radius 3 is 1.00 bits per heavy atom. The fourth-order valence-electron chi connectivity index (χ4n) is 0. The minimum atomic E-state index is 0. The second kappa shape index (κ2) is 40900. The van der Waals surface area contributed by atoms with Crippen LogP contribution in [0.25, 0.3) is 0 Å². The number of rotatable bonds is 0. The molecule has 3 N–H and O–H groups in total. The average Bonchev–Trinajstić information content (AvgIpc) is 1.78. The molecule has 0 aliphatic rings. The molecule has 0 spiro atoms. The van der Waals surface area contributed by atoms with Crippen LogP contribution in [-0.4, -0.2) is 10.5 Å². The Hall–Kier alpha value is -0.920. The summed E-state index contributed by atoms with van der Waals surface area (Å²) in [5, 5.41) is 15.5. The lowest BCUT2D eigenvalue weighted by molar-refractivity contribution is -0.465. The highest BCUT2D eigenvalue weighted by Crippen LogP contribution is 1.24. The van der Waals surface area contributed by atoms with Crippen molar-refractivity contribution >= 4 is 0 Å². The summed E-state index contributed by atoms with van der Waals surface area (Å²) in [6.45, 7) is 0. The van der Waals surface area contributed by atoms with E-state index in [1.54, 1.807) is 0 Å². The lowest BCUT2D eigenvalue weighted by Gasteiger charge is -1.56. The van der Waals surface area contributed by atoms with Gasteiger partial charge in [-0.1, -0.05) is 25.5 Å². The maximum atomic E-state index is 7.50. The topological polar surface area (TPSA) is 125 Å². The van der Waals surface area contributed by atoms with E-state index in [0.29, 0.717) is 0 Å². The molecule has 0 saturated carbocycles. The van der Waals surface area contributed by atoms with Crippen molar-refractivity contribution in [2.75, 3.05) is 0 Å². The van der Waals surface area contributed by atoms with Crippen molar-refractivity contribution in [3.63, 3.8) is 0 Å². The third kappa shape index (κ3) is 216. The van der Waals surface area contributed by atoms with Gasteiger partial charge in [-0.15, -0.1) is 0 Å². The van der Waals surface area contributed by atoms with Crippen molar-refractivity contribution in [2.45, 2.75) is 14.9 Å². The average molecular weight is 145 g/mol. The third-order valence-electron chi connectivity index (χ3n) is 0. The SMILES string of the molecule is C.C.N=O.O=O.OOO. The van der Waals surface area contributed by atoms with Gasteiger partial charge in [-0.3, -0.25) is 0 Å². The molecule has 0 aliphatic carbocycles. The minimum Gasteiger partial charge on any atom is -0.221 e. The quantitative estimate of drug-likeness (QED) is 0.270. The van der Waals surface area contributed by atoms with Gasteiger partial charge < -0.3 is 0 Å². The van der Waals surface area contributed by atoms with Crippen LogP contribution in [0.3, 0.4) is 0 Å². The highest BCUT2D eigenvalue weighted by atomic mass is 17.4. The maximum absolute atomic E-state index is 7.50. The second-order valence-corrected chi connectivity index (χ2v) is 0.0816. The third-order valence-corrected chi connectivity index (χ3v) is 0. The Bertz CT molecular complexity index is 18.5. The second-order valence-electron chi connectivity index (χ2n) is 0.0816. The fraction of sp³-hybridized carbons (Fsp3) is 1.00. The molecule has 0 aromatic rings. The molecular formula is C2H11NO6. The van der Waals surface area contributed by atoms with E-state index in [0.717, 1.165) is 0 Å². The van der Waals surface area contributed by atoms with E-state index in [-0.39, 0.29) is 14.9 Å². The molecular weight excluding hydrogens is 134 g/mol. The zero-order valence-electron chi connectivity index (χ0n) is 3.03. The molecule has 0 aromatic heterocycles. The van der Waals surface area contributed by atoms with E-state index >= 15 is 0 Å². The predicted octanol–water partition coefficient (Wildman–Crippen LogP) is 1.62. The Labute approximate surface area is 52.1 Å². The van der Waals surface area contributed by atoms with Crippen LogP contribution in [0.5, 0.6) is 0 Å². The molecule has 60 valence electrons. The molecule has 0 aliphatic heterocycles. The van der Waals surface area contributed by atoms with Gasteiger partial charge in [0.1, 0.15) is 0 Å². The first kappa shape index (κ1) is 42.7. The maximum Gasteiger partial charge on any atom is 0 e. The molecule has 0 aromatic carbocycles. The van der Waals surface area contributed by atoms with Gasteiger partial charge in [0.2, 0.25) is 0 Å². The predicted molar refractivity (Wildman–Crippen MR) is 32.6 cm³/mol. The molecule has 0 radical (unpaired) electrons. The van der Waals surface area contributed by atoms with E-state index in [2.05, 4.69) is 10.6 Å². The monoisotopic (exact) mass is 145 g/mol. The number of nitrogens with one attached hydrogen (secondary N) is 1. The molecule has 0 rings (SSSR count). The summed E-state index contributed by atoms with van der Waals surface area (Å²) in [5.74, 6) is 0. The van der Waals surface area contributed by atoms with Gasteiger partial charge in [-0.25, -0.2) is 10.5 Å². The van der Waals surface area contributed by atoms with Crippen LogP contribution in [0.2, 0.25) is 0 Å². The van der Waals surface area contributed by atoms with Crippen LogP contribution in [0, 0.1) is 20.4 Å². The van der Waals surface area contributed by atoms with Crippen molar-refractivity contribution in [1.82, 2.24) is 0 Å². The van der Waals surface area contributed by atoms with Crippen molar-refractivity contribution in [3.8, 4) is 0 Å². The van der Waals surface area contributed by atoms with E-state index in [4.69, 9.17) is 25.4 Å². The van der Waals surface area contributed by atoms with Gasteiger partial charge in [-0.2, -0.15) is 4.91 Å². The van der Waals surface area contributed by atoms with Crippen LogP contribution in [0.4, 0.5) is 0 Å². The van der Waals surface area contributed by atoms with Crippen LogP contribution in [-0.2, 0) is 5.04 Å². The molecule has 0 bridgehead atoms. The molecule has 9 heavy (non-hydrogen) atoms. The van der Waals surface area contributed by atoms with Gasteiger partial charge in [0.05, 0.1) is 0 Å². The first-order valence-electron chi connectivity index (χ1n) is 0.736. The Morgan fingerprint density at radius 1 is 1.00 bits per heavy atom. The zero-order valence-corrected chi connectivity index (χ0v) is 3.03. The standard InChI is InChI=1S/2CH4.HNO.H2O3.O2/c;;1-2;1-3-2;1-2/h2*1H4;1H;1-2H;. The summed E-state index contributed by atoms with van der Waals surface area (Å²) in [7, 11) is 0. The molecule has 0 heterocycles. The number of hydrogen-bond donors (Lipinski definition) is 3. The summed E-state index contributed by atoms with van der Waals surface area (Å²) in [6.07, 6.45) is 0. The summed E-state index contributed by atoms with van der Waals surface area (Å²) in [5.41, 5.74) is 4.50.